The van der Waals surface area contributed by atoms with E-state index in [1.165, 1.54) is 0 Å². The maximum absolute atomic E-state index is 12.1. The van der Waals surface area contributed by atoms with Crippen LogP contribution in [-0.4, -0.2) is 56.1 Å². The van der Waals surface area contributed by atoms with Crippen LogP contribution in [0.2, 0.25) is 5.02 Å². The molecule has 0 heterocycles. The van der Waals surface area contributed by atoms with E-state index >= 15 is 0 Å². The van der Waals surface area contributed by atoms with Crippen LogP contribution in [0.3, 0.4) is 0 Å². The summed E-state index contributed by atoms with van der Waals surface area (Å²) in [6.45, 7) is 9.42. The third-order valence-corrected chi connectivity index (χ3v) is 3.85. The molecule has 0 aliphatic heterocycles. The molecule has 0 bridgehead atoms. The van der Waals surface area contributed by atoms with Gasteiger partial charge in [0.05, 0.1) is 13.7 Å². The first-order valence-corrected chi connectivity index (χ1v) is 9.17. The van der Waals surface area contributed by atoms with E-state index in [0.717, 1.165) is 17.9 Å². The summed E-state index contributed by atoms with van der Waals surface area (Å²) < 4.78 is 5.16. The van der Waals surface area contributed by atoms with E-state index in [4.69, 9.17) is 16.3 Å². The van der Waals surface area contributed by atoms with Crippen molar-refractivity contribution in [2.75, 3.05) is 33.8 Å². The fourth-order valence-corrected chi connectivity index (χ4v) is 2.62. The fourth-order valence-electron chi connectivity index (χ4n) is 2.36. The Balaban J connectivity index is 0.00000676. The van der Waals surface area contributed by atoms with Crippen molar-refractivity contribution in [2.45, 2.75) is 39.7 Å². The highest BCUT2D eigenvalue weighted by molar-refractivity contribution is 14.0. The van der Waals surface area contributed by atoms with Gasteiger partial charge in [-0.3, -0.25) is 9.79 Å². The first kappa shape index (κ1) is 25.8. The highest BCUT2D eigenvalue weighted by atomic mass is 127. The number of hydrogen-bond donors (Lipinski definition) is 2. The molecule has 6 nitrogen and oxygen atoms in total. The number of methoxy groups -OCH3 is 1. The smallest absolute Gasteiger partial charge is 0.240 e. The minimum absolute atomic E-state index is 0. The average Bonchev–Trinajstić information content (AvgIpc) is 2.53. The average molecular weight is 511 g/mol. The quantitative estimate of drug-likeness (QED) is 0.336. The van der Waals surface area contributed by atoms with E-state index in [1.807, 2.05) is 51.8 Å². The van der Waals surface area contributed by atoms with Crippen molar-refractivity contribution >= 4 is 47.4 Å². The summed E-state index contributed by atoms with van der Waals surface area (Å²) in [5.74, 6) is 1.39. The van der Waals surface area contributed by atoms with Crippen LogP contribution in [0.1, 0.15) is 33.3 Å². The summed E-state index contributed by atoms with van der Waals surface area (Å²) in [4.78, 5) is 18.5. The number of nitrogens with zero attached hydrogens (tertiary/aromatic N) is 2. The Morgan fingerprint density at radius 3 is 2.52 bits per heavy atom. The van der Waals surface area contributed by atoms with Gasteiger partial charge in [0.1, 0.15) is 5.75 Å². The molecule has 154 valence electrons. The van der Waals surface area contributed by atoms with Gasteiger partial charge in [0.15, 0.2) is 5.96 Å². The third kappa shape index (κ3) is 10.0. The van der Waals surface area contributed by atoms with E-state index in [2.05, 4.69) is 15.6 Å². The Hall–Kier alpha value is -1.22. The summed E-state index contributed by atoms with van der Waals surface area (Å²) in [6, 6.07) is 5.64. The fraction of sp³-hybridized carbons (Fsp3) is 0.579. The van der Waals surface area contributed by atoms with Gasteiger partial charge in [0, 0.05) is 30.7 Å². The van der Waals surface area contributed by atoms with Crippen LogP contribution in [0.15, 0.2) is 23.2 Å². The van der Waals surface area contributed by atoms with Crippen LogP contribution in [0.5, 0.6) is 5.75 Å². The number of rotatable bonds is 7. The number of ether oxygens (including phenoxy) is 1. The SMILES string of the molecule is CCNC(=NCCc1ccc(OC)cc1Cl)N(C)CC(=O)NC(C)(C)C.I. The van der Waals surface area contributed by atoms with E-state index in [0.29, 0.717) is 23.9 Å². The molecule has 0 aliphatic rings. The predicted octanol–water partition coefficient (Wildman–Crippen LogP) is 3.32. The lowest BCUT2D eigenvalue weighted by atomic mass is 10.1. The van der Waals surface area contributed by atoms with Gasteiger partial charge < -0.3 is 20.3 Å². The van der Waals surface area contributed by atoms with Crippen molar-refractivity contribution in [3.05, 3.63) is 28.8 Å². The summed E-state index contributed by atoms with van der Waals surface area (Å²) in [7, 11) is 3.47. The first-order valence-electron chi connectivity index (χ1n) is 8.79. The second-order valence-corrected chi connectivity index (χ2v) is 7.50. The zero-order chi connectivity index (χ0) is 19.7. The molecule has 0 aromatic heterocycles. The van der Waals surface area contributed by atoms with Crippen LogP contribution >= 0.6 is 35.6 Å². The van der Waals surface area contributed by atoms with Crippen molar-refractivity contribution < 1.29 is 9.53 Å². The van der Waals surface area contributed by atoms with Gasteiger partial charge in [0.2, 0.25) is 5.91 Å². The van der Waals surface area contributed by atoms with Gasteiger partial charge in [0.25, 0.3) is 0 Å². The third-order valence-electron chi connectivity index (χ3n) is 3.49. The molecule has 1 amide bonds. The molecule has 1 aromatic rings. The monoisotopic (exact) mass is 510 g/mol. The molecule has 0 saturated heterocycles. The Morgan fingerprint density at radius 2 is 2.00 bits per heavy atom. The minimum atomic E-state index is -0.251. The molecule has 27 heavy (non-hydrogen) atoms. The summed E-state index contributed by atoms with van der Waals surface area (Å²) in [5.41, 5.74) is 0.763. The zero-order valence-corrected chi connectivity index (χ0v) is 20.1. The predicted molar refractivity (Wildman–Crippen MR) is 124 cm³/mol. The molecule has 0 saturated carbocycles. The molecule has 1 rings (SSSR count). The summed E-state index contributed by atoms with van der Waals surface area (Å²) >= 11 is 6.27. The van der Waals surface area contributed by atoms with E-state index in [9.17, 15) is 4.79 Å². The lowest BCUT2D eigenvalue weighted by molar-refractivity contribution is -0.122. The van der Waals surface area contributed by atoms with Gasteiger partial charge in [-0.1, -0.05) is 17.7 Å². The Labute approximate surface area is 185 Å². The first-order chi connectivity index (χ1) is 12.2. The lowest BCUT2D eigenvalue weighted by Crippen LogP contribution is -2.48. The molecule has 8 heteroatoms. The van der Waals surface area contributed by atoms with Gasteiger partial charge >= 0.3 is 0 Å². The molecule has 0 spiro atoms. The molecule has 0 unspecified atom stereocenters. The number of amides is 1. The Kier molecular flexibility index (Phi) is 11.7. The topological polar surface area (TPSA) is 66.0 Å². The number of benzene rings is 1. The number of carbonyl (C=O) groups excluding carboxylic acids is 1. The maximum Gasteiger partial charge on any atom is 0.240 e. The zero-order valence-electron chi connectivity index (χ0n) is 17.1. The number of nitrogens with one attached hydrogen (secondary N) is 2. The minimum Gasteiger partial charge on any atom is -0.497 e. The number of likely N-dealkylation sites (N-methyl/N-ethyl adjacent to an activating group) is 1. The van der Waals surface area contributed by atoms with Gasteiger partial charge in [-0.2, -0.15) is 0 Å². The summed E-state index contributed by atoms with van der Waals surface area (Å²) in [5, 5.41) is 6.84. The van der Waals surface area contributed by atoms with Crippen LogP contribution in [0.4, 0.5) is 0 Å². The van der Waals surface area contributed by atoms with Crippen LogP contribution in [-0.2, 0) is 11.2 Å². The molecule has 0 atom stereocenters. The van der Waals surface area contributed by atoms with E-state index in [1.54, 1.807) is 13.2 Å². The molecule has 0 aliphatic carbocycles. The highest BCUT2D eigenvalue weighted by Gasteiger charge is 2.16. The van der Waals surface area contributed by atoms with Gasteiger partial charge in [-0.15, -0.1) is 24.0 Å². The Bertz CT molecular complexity index is 633. The van der Waals surface area contributed by atoms with Crippen LogP contribution in [0.25, 0.3) is 0 Å². The maximum atomic E-state index is 12.1. The highest BCUT2D eigenvalue weighted by Crippen LogP contribution is 2.22. The number of halogens is 2. The Morgan fingerprint density at radius 1 is 1.33 bits per heavy atom. The van der Waals surface area contributed by atoms with Crippen LogP contribution < -0.4 is 15.4 Å². The standard InChI is InChI=1S/C19H31ClN4O2.HI/c1-7-21-18(24(5)13-17(25)23-19(2,3)4)22-11-10-14-8-9-15(26-6)12-16(14)20;/h8-9,12H,7,10-11,13H2,1-6H3,(H,21,22)(H,23,25);1H. The van der Waals surface area contributed by atoms with E-state index < -0.39 is 0 Å². The summed E-state index contributed by atoms with van der Waals surface area (Å²) in [6.07, 6.45) is 0.708. The molecule has 1 aromatic carbocycles. The van der Waals surface area contributed by atoms with Crippen molar-refractivity contribution in [3.8, 4) is 5.75 Å². The van der Waals surface area contributed by atoms with Crippen LogP contribution in [0, 0.1) is 0 Å². The van der Waals surface area contributed by atoms with Crippen molar-refractivity contribution in [1.29, 1.82) is 0 Å². The van der Waals surface area contributed by atoms with Crippen molar-refractivity contribution in [2.24, 2.45) is 4.99 Å². The molecule has 2 N–H and O–H groups in total. The normalized spacial score (nSPS) is 11.4. The largest absolute Gasteiger partial charge is 0.497 e. The van der Waals surface area contributed by atoms with Gasteiger partial charge in [-0.25, -0.2) is 0 Å². The number of guanidine groups is 1. The second kappa shape index (κ2) is 12.3. The van der Waals surface area contributed by atoms with Gasteiger partial charge in [-0.05, 0) is 51.8 Å². The number of hydrogen-bond acceptors (Lipinski definition) is 3. The molecule has 0 radical (unpaired) electrons. The van der Waals surface area contributed by atoms with E-state index in [-0.39, 0.29) is 42.0 Å². The number of carbonyl (C=O) groups is 1. The molecular weight excluding hydrogens is 479 g/mol. The lowest BCUT2D eigenvalue weighted by Gasteiger charge is -2.25. The van der Waals surface area contributed by atoms with Crippen molar-refractivity contribution in [3.63, 3.8) is 0 Å². The second-order valence-electron chi connectivity index (χ2n) is 7.10. The van der Waals surface area contributed by atoms with Crippen molar-refractivity contribution in [1.82, 2.24) is 15.5 Å². The molecular formula is C19H32ClIN4O2. The number of aliphatic imine (C=N–C) groups is 1. The molecule has 0 fully saturated rings.